The van der Waals surface area contributed by atoms with E-state index in [2.05, 4.69) is 5.32 Å². The molecule has 4 aromatic rings. The quantitative estimate of drug-likeness (QED) is 0.368. The van der Waals surface area contributed by atoms with Gasteiger partial charge < -0.3 is 10.1 Å². The highest BCUT2D eigenvalue weighted by Crippen LogP contribution is 2.28. The number of anilines is 1. The van der Waals surface area contributed by atoms with Crippen LogP contribution in [-0.4, -0.2) is 34.3 Å². The van der Waals surface area contributed by atoms with Crippen molar-refractivity contribution in [2.75, 3.05) is 18.2 Å². The number of benzene rings is 3. The number of carbonyl (C=O) groups excluding carboxylic acids is 2. The van der Waals surface area contributed by atoms with Crippen LogP contribution in [0.25, 0.3) is 16.7 Å². The predicted octanol–water partition coefficient (Wildman–Crippen LogP) is 4.54. The molecule has 7 heteroatoms. The van der Waals surface area contributed by atoms with Gasteiger partial charge in [-0.05, 0) is 36.4 Å². The Morgan fingerprint density at radius 3 is 2.47 bits per heavy atom. The zero-order valence-corrected chi connectivity index (χ0v) is 17.1. The molecule has 0 aliphatic heterocycles. The van der Waals surface area contributed by atoms with E-state index >= 15 is 0 Å². The molecule has 150 valence electrons. The maximum atomic E-state index is 12.6. The van der Waals surface area contributed by atoms with Crippen molar-refractivity contribution in [2.24, 2.45) is 0 Å². The molecular weight excluding hydrogens is 398 g/mol. The lowest BCUT2D eigenvalue weighted by Crippen LogP contribution is -2.17. The number of thioether (sulfide) groups is 1. The van der Waals surface area contributed by atoms with Crippen LogP contribution in [0.4, 0.5) is 5.69 Å². The van der Waals surface area contributed by atoms with E-state index in [9.17, 15) is 9.59 Å². The van der Waals surface area contributed by atoms with Gasteiger partial charge in [0.25, 0.3) is 0 Å². The van der Waals surface area contributed by atoms with Crippen LogP contribution in [-0.2, 0) is 9.53 Å². The number of fused-ring (bicyclic) bond motifs is 1. The first-order valence-corrected chi connectivity index (χ1v) is 10.3. The van der Waals surface area contributed by atoms with Crippen molar-refractivity contribution < 1.29 is 14.3 Å². The summed E-state index contributed by atoms with van der Waals surface area (Å²) in [4.78, 5) is 29.2. The third-order valence-electron chi connectivity index (χ3n) is 4.48. The number of nitrogens with zero attached hydrogens (tertiary/aromatic N) is 2. The molecule has 4 rings (SSSR count). The lowest BCUT2D eigenvalue weighted by atomic mass is 10.2. The van der Waals surface area contributed by atoms with Crippen LogP contribution >= 0.6 is 11.8 Å². The molecule has 0 spiro atoms. The molecule has 0 radical (unpaired) electrons. The van der Waals surface area contributed by atoms with Gasteiger partial charge in [-0.3, -0.25) is 9.36 Å². The molecule has 1 amide bonds. The Morgan fingerprint density at radius 1 is 0.967 bits per heavy atom. The monoisotopic (exact) mass is 417 g/mol. The van der Waals surface area contributed by atoms with Gasteiger partial charge in [-0.15, -0.1) is 0 Å². The van der Waals surface area contributed by atoms with Crippen molar-refractivity contribution in [1.29, 1.82) is 0 Å². The van der Waals surface area contributed by atoms with Crippen molar-refractivity contribution in [3.05, 3.63) is 84.4 Å². The first kappa shape index (κ1) is 19.7. The van der Waals surface area contributed by atoms with Crippen molar-refractivity contribution >= 4 is 40.4 Å². The molecule has 0 bridgehead atoms. The molecule has 6 nitrogen and oxygen atoms in total. The minimum atomic E-state index is -0.496. The number of esters is 1. The third kappa shape index (κ3) is 4.06. The number of ether oxygens (including phenoxy) is 1. The molecule has 0 aliphatic carbocycles. The topological polar surface area (TPSA) is 73.2 Å². The Hall–Kier alpha value is -3.58. The summed E-state index contributed by atoms with van der Waals surface area (Å²) in [7, 11) is 1.31. The summed E-state index contributed by atoms with van der Waals surface area (Å²) in [6, 6.07) is 24.5. The average Bonchev–Trinajstić information content (AvgIpc) is 3.16. The second kappa shape index (κ2) is 8.84. The number of carbonyl (C=O) groups is 2. The largest absolute Gasteiger partial charge is 0.465 e. The van der Waals surface area contributed by atoms with Gasteiger partial charge in [0.1, 0.15) is 0 Å². The first-order chi connectivity index (χ1) is 14.7. The first-order valence-electron chi connectivity index (χ1n) is 9.30. The van der Waals surface area contributed by atoms with Gasteiger partial charge in [0, 0.05) is 5.69 Å². The number of imidazole rings is 1. The van der Waals surface area contributed by atoms with Gasteiger partial charge >= 0.3 is 5.97 Å². The van der Waals surface area contributed by atoms with Gasteiger partial charge in [0.05, 0.1) is 35.1 Å². The Bertz CT molecular complexity index is 1200. The zero-order chi connectivity index (χ0) is 20.9. The van der Waals surface area contributed by atoms with E-state index in [0.29, 0.717) is 11.3 Å². The number of para-hydroxylation sites is 4. The molecule has 1 N–H and O–H groups in total. The van der Waals surface area contributed by atoms with E-state index in [0.717, 1.165) is 21.9 Å². The van der Waals surface area contributed by atoms with E-state index in [1.165, 1.54) is 18.9 Å². The van der Waals surface area contributed by atoms with Crippen LogP contribution in [0.2, 0.25) is 0 Å². The van der Waals surface area contributed by atoms with Crippen LogP contribution in [0.3, 0.4) is 0 Å². The molecule has 0 unspecified atom stereocenters. The van der Waals surface area contributed by atoms with Crippen molar-refractivity contribution in [3.63, 3.8) is 0 Å². The normalized spacial score (nSPS) is 10.7. The van der Waals surface area contributed by atoms with Crippen molar-refractivity contribution in [3.8, 4) is 5.69 Å². The maximum Gasteiger partial charge on any atom is 0.339 e. The van der Waals surface area contributed by atoms with Gasteiger partial charge in [-0.1, -0.05) is 54.2 Å². The lowest BCUT2D eigenvalue weighted by molar-refractivity contribution is -0.113. The van der Waals surface area contributed by atoms with Crippen LogP contribution in [0.15, 0.2) is 84.0 Å². The van der Waals surface area contributed by atoms with Crippen molar-refractivity contribution in [1.82, 2.24) is 9.55 Å². The van der Waals surface area contributed by atoms with E-state index in [4.69, 9.17) is 9.72 Å². The molecule has 1 aromatic heterocycles. The number of amides is 1. The molecule has 0 aliphatic rings. The Kier molecular flexibility index (Phi) is 5.81. The second-order valence-corrected chi connectivity index (χ2v) is 7.37. The molecule has 0 atom stereocenters. The van der Waals surface area contributed by atoms with Gasteiger partial charge in [-0.25, -0.2) is 9.78 Å². The standard InChI is InChI=1S/C23H19N3O3S/c1-29-22(28)17-11-5-6-12-18(17)24-21(27)15-30-23-25-19-13-7-8-14-20(19)26(23)16-9-3-2-4-10-16/h2-14H,15H2,1H3,(H,24,27). The fourth-order valence-corrected chi connectivity index (χ4v) is 3.95. The van der Waals surface area contributed by atoms with Gasteiger partial charge in [0.15, 0.2) is 5.16 Å². The van der Waals surface area contributed by atoms with Crippen LogP contribution < -0.4 is 5.32 Å². The molecule has 1 heterocycles. The summed E-state index contributed by atoms with van der Waals surface area (Å²) in [5.74, 6) is -0.585. The smallest absolute Gasteiger partial charge is 0.339 e. The van der Waals surface area contributed by atoms with Gasteiger partial charge in [0.2, 0.25) is 5.91 Å². The second-order valence-electron chi connectivity index (χ2n) is 6.43. The number of aromatic nitrogens is 2. The van der Waals surface area contributed by atoms with Gasteiger partial charge in [-0.2, -0.15) is 0 Å². The fourth-order valence-electron chi connectivity index (χ4n) is 3.12. The van der Waals surface area contributed by atoms with Crippen molar-refractivity contribution in [2.45, 2.75) is 5.16 Å². The molecule has 0 saturated heterocycles. The summed E-state index contributed by atoms with van der Waals surface area (Å²) in [5.41, 5.74) is 3.55. The lowest BCUT2D eigenvalue weighted by Gasteiger charge is -2.10. The molecule has 0 saturated carbocycles. The summed E-state index contributed by atoms with van der Waals surface area (Å²) < 4.78 is 6.81. The average molecular weight is 417 g/mol. The number of rotatable bonds is 6. The molecule has 0 fully saturated rings. The number of hydrogen-bond donors (Lipinski definition) is 1. The van der Waals surface area contributed by atoms with Crippen LogP contribution in [0.1, 0.15) is 10.4 Å². The number of nitrogens with one attached hydrogen (secondary N) is 1. The van der Waals surface area contributed by atoms with E-state index in [1.807, 2.05) is 59.2 Å². The number of hydrogen-bond acceptors (Lipinski definition) is 5. The summed E-state index contributed by atoms with van der Waals surface area (Å²) in [5, 5.41) is 3.51. The predicted molar refractivity (Wildman–Crippen MR) is 118 cm³/mol. The highest BCUT2D eigenvalue weighted by Gasteiger charge is 2.16. The Balaban J connectivity index is 1.56. The minimum absolute atomic E-state index is 0.145. The minimum Gasteiger partial charge on any atom is -0.465 e. The van der Waals surface area contributed by atoms with E-state index < -0.39 is 5.97 Å². The SMILES string of the molecule is COC(=O)c1ccccc1NC(=O)CSc1nc2ccccc2n1-c1ccccc1. The molecule has 3 aromatic carbocycles. The fraction of sp³-hybridized carbons (Fsp3) is 0.0870. The highest BCUT2D eigenvalue weighted by molar-refractivity contribution is 7.99. The molecule has 30 heavy (non-hydrogen) atoms. The van der Waals surface area contributed by atoms with E-state index in [-0.39, 0.29) is 11.7 Å². The maximum absolute atomic E-state index is 12.6. The Labute approximate surface area is 177 Å². The van der Waals surface area contributed by atoms with Crippen LogP contribution in [0.5, 0.6) is 0 Å². The zero-order valence-electron chi connectivity index (χ0n) is 16.2. The summed E-state index contributed by atoms with van der Waals surface area (Å²) in [6.45, 7) is 0. The third-order valence-corrected chi connectivity index (χ3v) is 5.42. The summed E-state index contributed by atoms with van der Waals surface area (Å²) >= 11 is 1.34. The Morgan fingerprint density at radius 2 is 1.67 bits per heavy atom. The van der Waals surface area contributed by atoms with Crippen LogP contribution in [0, 0.1) is 0 Å². The number of methoxy groups -OCH3 is 1. The molecular formula is C23H19N3O3S. The highest BCUT2D eigenvalue weighted by atomic mass is 32.2. The summed E-state index contributed by atoms with van der Waals surface area (Å²) in [6.07, 6.45) is 0. The van der Waals surface area contributed by atoms with E-state index in [1.54, 1.807) is 24.3 Å².